The molecule has 0 spiro atoms. The summed E-state index contributed by atoms with van der Waals surface area (Å²) in [5.74, 6) is 0.890. The summed E-state index contributed by atoms with van der Waals surface area (Å²) in [7, 11) is 0. The van der Waals surface area contributed by atoms with Gasteiger partial charge in [0.2, 0.25) is 0 Å². The Hall–Kier alpha value is -2.24. The number of hydrogen-bond donors (Lipinski definition) is 0. The molecule has 5 nitrogen and oxygen atoms in total. The topological polar surface area (TPSA) is 63.7 Å². The molecule has 0 saturated heterocycles. The van der Waals surface area contributed by atoms with Crippen molar-refractivity contribution in [2.45, 2.75) is 89.6 Å². The van der Waals surface area contributed by atoms with E-state index >= 15 is 0 Å². The monoisotopic (exact) mass is 481 g/mol. The number of carbonyl (C=O) groups is 3. The summed E-state index contributed by atoms with van der Waals surface area (Å²) in [4.78, 5) is 41.6. The fraction of sp³-hybridized carbons (Fsp3) is 0.690. The van der Waals surface area contributed by atoms with Gasteiger partial charge in [-0.15, -0.1) is 0 Å². The van der Waals surface area contributed by atoms with Gasteiger partial charge < -0.3 is 4.74 Å². The lowest BCUT2D eigenvalue weighted by Crippen LogP contribution is -2.61. The van der Waals surface area contributed by atoms with Crippen molar-refractivity contribution < 1.29 is 23.5 Å². The molecule has 6 bridgehead atoms. The second-order valence-electron chi connectivity index (χ2n) is 12.7. The van der Waals surface area contributed by atoms with Crippen LogP contribution in [0.3, 0.4) is 0 Å². The lowest BCUT2D eigenvalue weighted by molar-refractivity contribution is -0.154. The molecule has 1 aromatic carbocycles. The maximum Gasteiger partial charge on any atom is 0.418 e. The molecule has 7 rings (SSSR count). The number of carbonyl (C=O) groups excluding carboxylic acids is 3. The molecule has 1 amide bonds. The van der Waals surface area contributed by atoms with E-state index in [1.54, 1.807) is 12.1 Å². The summed E-state index contributed by atoms with van der Waals surface area (Å²) in [5, 5.41) is 0. The number of ketones is 1. The van der Waals surface area contributed by atoms with E-state index in [0.717, 1.165) is 44.1 Å². The van der Waals surface area contributed by atoms with E-state index in [0.29, 0.717) is 37.1 Å². The van der Waals surface area contributed by atoms with Gasteiger partial charge in [0, 0.05) is 23.4 Å². The highest BCUT2D eigenvalue weighted by Crippen LogP contribution is 2.58. The Balaban J connectivity index is 1.23. The van der Waals surface area contributed by atoms with Crippen LogP contribution in [-0.2, 0) is 20.9 Å². The van der Waals surface area contributed by atoms with Gasteiger partial charge in [0.25, 0.3) is 0 Å². The van der Waals surface area contributed by atoms with E-state index in [-0.39, 0.29) is 23.1 Å². The van der Waals surface area contributed by atoms with Crippen molar-refractivity contribution in [3.8, 4) is 0 Å². The van der Waals surface area contributed by atoms with Gasteiger partial charge in [-0.25, -0.2) is 9.18 Å². The van der Waals surface area contributed by atoms with Crippen LogP contribution >= 0.6 is 0 Å². The highest BCUT2D eigenvalue weighted by molar-refractivity contribution is 5.92. The predicted octanol–water partition coefficient (Wildman–Crippen LogP) is 6.05. The maximum absolute atomic E-state index is 13.7. The van der Waals surface area contributed by atoms with Crippen molar-refractivity contribution in [1.82, 2.24) is 4.90 Å². The number of halogens is 1. The lowest BCUT2D eigenvalue weighted by atomic mass is 9.52. The van der Waals surface area contributed by atoms with Gasteiger partial charge in [0.1, 0.15) is 11.6 Å². The minimum Gasteiger partial charge on any atom is -0.376 e. The maximum atomic E-state index is 13.7. The summed E-state index contributed by atoms with van der Waals surface area (Å²) in [6.45, 7) is 2.29. The average molecular weight is 482 g/mol. The Morgan fingerprint density at radius 2 is 1.63 bits per heavy atom. The summed E-state index contributed by atoms with van der Waals surface area (Å²) in [6.07, 6.45) is 9.68. The van der Waals surface area contributed by atoms with Crippen LogP contribution in [0.2, 0.25) is 0 Å². The average Bonchev–Trinajstić information content (AvgIpc) is 2.78. The van der Waals surface area contributed by atoms with Crippen LogP contribution in [0.25, 0.3) is 0 Å². The smallest absolute Gasteiger partial charge is 0.376 e. The quantitative estimate of drug-likeness (QED) is 0.388. The number of rotatable bonds is 4. The summed E-state index contributed by atoms with van der Waals surface area (Å²) in [6, 6.07) is 6.27. The van der Waals surface area contributed by atoms with Crippen LogP contribution in [0.1, 0.15) is 83.1 Å². The number of ether oxygens (including phenoxy) is 1. The van der Waals surface area contributed by atoms with Crippen LogP contribution in [0.4, 0.5) is 9.18 Å². The largest absolute Gasteiger partial charge is 0.418 e. The molecule has 188 valence electrons. The van der Waals surface area contributed by atoms with E-state index in [4.69, 9.17) is 4.74 Å². The molecular weight excluding hydrogens is 445 g/mol. The fourth-order valence-electron chi connectivity index (χ4n) is 8.88. The zero-order chi connectivity index (χ0) is 24.4. The van der Waals surface area contributed by atoms with Crippen molar-refractivity contribution >= 4 is 17.8 Å². The highest BCUT2D eigenvalue weighted by atomic mass is 19.1. The van der Waals surface area contributed by atoms with Crippen molar-refractivity contribution in [3.63, 3.8) is 0 Å². The first kappa shape index (κ1) is 23.2. The van der Waals surface area contributed by atoms with Crippen LogP contribution in [-0.4, -0.2) is 28.3 Å². The molecular formula is C29H36FNO4. The Morgan fingerprint density at radius 1 is 1.00 bits per heavy atom. The molecule has 6 heteroatoms. The second-order valence-corrected chi connectivity index (χ2v) is 12.7. The fourth-order valence-corrected chi connectivity index (χ4v) is 8.88. The van der Waals surface area contributed by atoms with Gasteiger partial charge in [-0.3, -0.25) is 14.5 Å². The third-order valence-corrected chi connectivity index (χ3v) is 10.1. The molecule has 6 fully saturated rings. The first-order valence-electron chi connectivity index (χ1n) is 13.6. The third kappa shape index (κ3) is 4.11. The van der Waals surface area contributed by atoms with Crippen LogP contribution in [0.15, 0.2) is 24.3 Å². The summed E-state index contributed by atoms with van der Waals surface area (Å²) >= 11 is 0. The first-order chi connectivity index (χ1) is 16.7. The standard InChI is InChI=1S/C29H36FNO4/c1-28-8-2-3-22(25(28)32)12-23(16-28)26(33)35-27(34)31(17-18-4-6-24(30)7-5-18)29-13-19-9-20(14-29)11-21(10-19)15-29/h4-7,19-23H,2-3,8-17H2,1H3. The van der Waals surface area contributed by atoms with Crippen LogP contribution in [0, 0.1) is 40.8 Å². The number of amides is 1. The number of Topliss-reactive ketones (excluding diaryl/α,β-unsaturated/α-hetero) is 1. The molecule has 1 aromatic rings. The van der Waals surface area contributed by atoms with Gasteiger partial charge in [-0.1, -0.05) is 25.5 Å². The van der Waals surface area contributed by atoms with E-state index in [1.165, 1.54) is 31.4 Å². The number of benzene rings is 1. The Kier molecular flexibility index (Phi) is 5.57. The highest BCUT2D eigenvalue weighted by Gasteiger charge is 2.56. The molecule has 3 unspecified atom stereocenters. The molecule has 6 saturated carbocycles. The van der Waals surface area contributed by atoms with E-state index in [9.17, 15) is 18.8 Å². The van der Waals surface area contributed by atoms with Crippen LogP contribution < -0.4 is 0 Å². The van der Waals surface area contributed by atoms with Crippen molar-refractivity contribution in [3.05, 3.63) is 35.6 Å². The SMILES string of the molecule is CC12CCCC(CC(C(=O)OC(=O)N(Cc3ccc(F)cc3)C34CC5CC(CC(C5)C3)C4)C1)C2=O. The number of esters is 1. The molecule has 0 aromatic heterocycles. The van der Waals surface area contributed by atoms with Gasteiger partial charge in [-0.2, -0.15) is 0 Å². The summed E-state index contributed by atoms with van der Waals surface area (Å²) < 4.78 is 19.2. The number of nitrogens with zero attached hydrogens (tertiary/aromatic N) is 1. The van der Waals surface area contributed by atoms with Crippen molar-refractivity contribution in [2.75, 3.05) is 0 Å². The molecule has 0 radical (unpaired) electrons. The second kappa shape index (κ2) is 8.41. The third-order valence-electron chi connectivity index (χ3n) is 10.1. The molecule has 6 aliphatic rings. The summed E-state index contributed by atoms with van der Waals surface area (Å²) in [5.41, 5.74) is 0.0875. The molecule has 3 atom stereocenters. The van der Waals surface area contributed by atoms with Crippen LogP contribution in [0.5, 0.6) is 0 Å². The van der Waals surface area contributed by atoms with Gasteiger partial charge in [-0.05, 0) is 99.7 Å². The molecule has 35 heavy (non-hydrogen) atoms. The van der Waals surface area contributed by atoms with Gasteiger partial charge in [0.05, 0.1) is 5.92 Å². The number of hydrogen-bond acceptors (Lipinski definition) is 4. The van der Waals surface area contributed by atoms with Gasteiger partial charge in [0.15, 0.2) is 0 Å². The Labute approximate surface area is 206 Å². The minimum absolute atomic E-state index is 0.0892. The lowest BCUT2D eigenvalue weighted by Gasteiger charge is -2.60. The zero-order valence-corrected chi connectivity index (χ0v) is 20.6. The predicted molar refractivity (Wildman–Crippen MR) is 128 cm³/mol. The van der Waals surface area contributed by atoms with Gasteiger partial charge >= 0.3 is 12.1 Å². The van der Waals surface area contributed by atoms with Crippen molar-refractivity contribution in [2.24, 2.45) is 35.0 Å². The molecule has 0 N–H and O–H groups in total. The Bertz CT molecular complexity index is 1000. The minimum atomic E-state index is -0.562. The molecule has 6 aliphatic carbocycles. The van der Waals surface area contributed by atoms with E-state index in [2.05, 4.69) is 0 Å². The molecule has 0 heterocycles. The van der Waals surface area contributed by atoms with E-state index in [1.807, 2.05) is 11.8 Å². The zero-order valence-electron chi connectivity index (χ0n) is 20.6. The first-order valence-corrected chi connectivity index (χ1v) is 13.6. The van der Waals surface area contributed by atoms with Crippen molar-refractivity contribution in [1.29, 1.82) is 0 Å². The van der Waals surface area contributed by atoms with E-state index < -0.39 is 23.4 Å². The Morgan fingerprint density at radius 3 is 2.23 bits per heavy atom. The normalized spacial score (nSPS) is 39.4. The molecule has 0 aliphatic heterocycles. The number of fused-ring (bicyclic) bond motifs is 2.